The maximum Gasteiger partial charge on any atom is 0.243 e. The Labute approximate surface area is 112 Å². The van der Waals surface area contributed by atoms with Gasteiger partial charge in [-0.1, -0.05) is 0 Å². The van der Waals surface area contributed by atoms with Crippen LogP contribution in [0.15, 0.2) is 29.2 Å². The lowest BCUT2D eigenvalue weighted by Crippen LogP contribution is -2.50. The topological polar surface area (TPSA) is 105 Å². The number of nitrogens with two attached hydrogens (primary N) is 1. The lowest BCUT2D eigenvalue weighted by Gasteiger charge is -2.33. The quantitative estimate of drug-likeness (QED) is 0.502. The molecular weight excluding hydrogens is 270 g/mol. The van der Waals surface area contributed by atoms with Crippen molar-refractivity contribution in [2.75, 3.05) is 31.8 Å². The van der Waals surface area contributed by atoms with Crippen molar-refractivity contribution in [1.29, 1.82) is 0 Å². The summed E-state index contributed by atoms with van der Waals surface area (Å²) in [5, 5.41) is 9.24. The van der Waals surface area contributed by atoms with Gasteiger partial charge < -0.3 is 15.3 Å². The number of nitrogens with one attached hydrogen (secondary N) is 1. The minimum Gasteiger partial charge on any atom is -0.395 e. The maximum atomic E-state index is 12.5. The van der Waals surface area contributed by atoms with Crippen LogP contribution in [0.2, 0.25) is 0 Å². The zero-order chi connectivity index (χ0) is 13.9. The monoisotopic (exact) mass is 287 g/mol. The van der Waals surface area contributed by atoms with Crippen molar-refractivity contribution in [3.8, 4) is 0 Å². The van der Waals surface area contributed by atoms with Crippen LogP contribution in [0, 0.1) is 0 Å². The van der Waals surface area contributed by atoms with Crippen LogP contribution in [0.1, 0.15) is 0 Å². The molecule has 0 aliphatic carbocycles. The first kappa shape index (κ1) is 14.2. The summed E-state index contributed by atoms with van der Waals surface area (Å²) in [5.41, 5.74) is 3.06. The van der Waals surface area contributed by atoms with Gasteiger partial charge in [-0.05, 0) is 24.3 Å². The largest absolute Gasteiger partial charge is 0.395 e. The highest BCUT2D eigenvalue weighted by atomic mass is 32.2. The van der Waals surface area contributed by atoms with E-state index in [2.05, 4.69) is 5.43 Å². The molecule has 19 heavy (non-hydrogen) atoms. The number of aliphatic hydroxyl groups excluding tert-OH is 1. The Morgan fingerprint density at radius 1 is 1.42 bits per heavy atom. The molecule has 1 unspecified atom stereocenters. The molecule has 1 aromatic rings. The molecular formula is C11H17N3O4S. The predicted octanol–water partition coefficient (Wildman–Crippen LogP) is -0.646. The van der Waals surface area contributed by atoms with Gasteiger partial charge in [-0.25, -0.2) is 8.42 Å². The van der Waals surface area contributed by atoms with Gasteiger partial charge in [0.1, 0.15) is 0 Å². The summed E-state index contributed by atoms with van der Waals surface area (Å²) in [6, 6.07) is 5.59. The Balaban J connectivity index is 2.29. The van der Waals surface area contributed by atoms with E-state index in [1.54, 1.807) is 12.1 Å². The van der Waals surface area contributed by atoms with E-state index in [0.717, 1.165) is 0 Å². The first-order valence-electron chi connectivity index (χ1n) is 5.86. The zero-order valence-electron chi connectivity index (χ0n) is 10.3. The average molecular weight is 287 g/mol. The minimum atomic E-state index is -3.62. The fraction of sp³-hybridized carbons (Fsp3) is 0.455. The molecule has 1 heterocycles. The van der Waals surface area contributed by atoms with E-state index in [-0.39, 0.29) is 24.7 Å². The highest BCUT2D eigenvalue weighted by Gasteiger charge is 2.33. The van der Waals surface area contributed by atoms with Gasteiger partial charge >= 0.3 is 0 Å². The smallest absolute Gasteiger partial charge is 0.243 e. The number of hydrazine groups is 1. The predicted molar refractivity (Wildman–Crippen MR) is 69.8 cm³/mol. The van der Waals surface area contributed by atoms with Crippen molar-refractivity contribution in [3.63, 3.8) is 0 Å². The van der Waals surface area contributed by atoms with Gasteiger partial charge in [0.15, 0.2) is 0 Å². The third-order valence-corrected chi connectivity index (χ3v) is 4.98. The van der Waals surface area contributed by atoms with Crippen LogP contribution in [0.4, 0.5) is 5.69 Å². The Hall–Kier alpha value is -1.19. The normalized spacial score (nSPS) is 21.3. The Kier molecular flexibility index (Phi) is 4.38. The highest BCUT2D eigenvalue weighted by molar-refractivity contribution is 7.89. The molecule has 4 N–H and O–H groups in total. The SMILES string of the molecule is NNc1ccc(S(=O)(=O)N2CCOCC2CO)cc1. The summed E-state index contributed by atoms with van der Waals surface area (Å²) >= 11 is 0. The van der Waals surface area contributed by atoms with E-state index in [9.17, 15) is 13.5 Å². The Bertz CT molecular complexity index is 517. The van der Waals surface area contributed by atoms with Crippen molar-refractivity contribution in [2.24, 2.45) is 5.84 Å². The number of anilines is 1. The zero-order valence-corrected chi connectivity index (χ0v) is 11.1. The van der Waals surface area contributed by atoms with E-state index in [4.69, 9.17) is 10.6 Å². The van der Waals surface area contributed by atoms with Crippen LogP contribution in [-0.4, -0.2) is 50.2 Å². The number of nitrogens with zero attached hydrogens (tertiary/aromatic N) is 1. The molecule has 7 nitrogen and oxygen atoms in total. The first-order valence-corrected chi connectivity index (χ1v) is 7.30. The summed E-state index contributed by atoms with van der Waals surface area (Å²) < 4.78 is 31.4. The van der Waals surface area contributed by atoms with Crippen molar-refractivity contribution in [3.05, 3.63) is 24.3 Å². The van der Waals surface area contributed by atoms with Crippen LogP contribution in [0.5, 0.6) is 0 Å². The van der Waals surface area contributed by atoms with Crippen LogP contribution >= 0.6 is 0 Å². The van der Waals surface area contributed by atoms with Gasteiger partial charge in [0, 0.05) is 12.2 Å². The Morgan fingerprint density at radius 3 is 2.68 bits per heavy atom. The Morgan fingerprint density at radius 2 is 2.11 bits per heavy atom. The molecule has 0 aromatic heterocycles. The van der Waals surface area contributed by atoms with E-state index in [0.29, 0.717) is 12.3 Å². The average Bonchev–Trinajstić information content (AvgIpc) is 2.47. The fourth-order valence-electron chi connectivity index (χ4n) is 1.96. The van der Waals surface area contributed by atoms with E-state index in [1.807, 2.05) is 0 Å². The molecule has 0 spiro atoms. The molecule has 2 rings (SSSR count). The summed E-state index contributed by atoms with van der Waals surface area (Å²) in [6.45, 7) is 0.516. The standard InChI is InChI=1S/C11H17N3O4S/c12-13-9-1-3-11(4-2-9)19(16,17)14-5-6-18-8-10(14)7-15/h1-4,10,13,15H,5-8,12H2. The molecule has 1 atom stereocenters. The molecule has 1 saturated heterocycles. The number of ether oxygens (including phenoxy) is 1. The number of sulfonamides is 1. The number of morpholine rings is 1. The number of aliphatic hydroxyl groups is 1. The molecule has 1 aliphatic heterocycles. The van der Waals surface area contributed by atoms with Crippen molar-refractivity contribution in [2.45, 2.75) is 10.9 Å². The van der Waals surface area contributed by atoms with Crippen LogP contribution in [0.3, 0.4) is 0 Å². The second-order valence-electron chi connectivity index (χ2n) is 4.20. The van der Waals surface area contributed by atoms with E-state index in [1.165, 1.54) is 16.4 Å². The lowest BCUT2D eigenvalue weighted by atomic mass is 10.3. The molecule has 1 fully saturated rings. The summed E-state index contributed by atoms with van der Waals surface area (Å²) in [4.78, 5) is 0.173. The number of nitrogen functional groups attached to an aromatic ring is 1. The van der Waals surface area contributed by atoms with Gasteiger partial charge in [0.2, 0.25) is 10.0 Å². The van der Waals surface area contributed by atoms with E-state index < -0.39 is 16.1 Å². The molecule has 0 radical (unpaired) electrons. The number of hydrogen-bond donors (Lipinski definition) is 3. The van der Waals surface area contributed by atoms with Gasteiger partial charge in [0.25, 0.3) is 0 Å². The fourth-order valence-corrected chi connectivity index (χ4v) is 3.54. The summed E-state index contributed by atoms with van der Waals surface area (Å²) in [6.07, 6.45) is 0. The van der Waals surface area contributed by atoms with Gasteiger partial charge in [-0.3, -0.25) is 5.84 Å². The van der Waals surface area contributed by atoms with Crippen molar-refractivity contribution < 1.29 is 18.3 Å². The molecule has 0 saturated carbocycles. The maximum absolute atomic E-state index is 12.5. The van der Waals surface area contributed by atoms with Crippen LogP contribution in [-0.2, 0) is 14.8 Å². The van der Waals surface area contributed by atoms with E-state index >= 15 is 0 Å². The minimum absolute atomic E-state index is 0.173. The third kappa shape index (κ3) is 2.88. The first-order chi connectivity index (χ1) is 9.09. The molecule has 0 bridgehead atoms. The third-order valence-electron chi connectivity index (χ3n) is 3.01. The highest BCUT2D eigenvalue weighted by Crippen LogP contribution is 2.21. The lowest BCUT2D eigenvalue weighted by molar-refractivity contribution is 0.0109. The second kappa shape index (κ2) is 5.85. The number of rotatable bonds is 4. The van der Waals surface area contributed by atoms with Crippen molar-refractivity contribution in [1.82, 2.24) is 4.31 Å². The molecule has 106 valence electrons. The molecule has 0 amide bonds. The van der Waals surface area contributed by atoms with Gasteiger partial charge in [0.05, 0.1) is 30.8 Å². The molecule has 1 aliphatic rings. The van der Waals surface area contributed by atoms with Crippen LogP contribution < -0.4 is 11.3 Å². The summed E-state index contributed by atoms with van der Waals surface area (Å²) in [7, 11) is -3.62. The van der Waals surface area contributed by atoms with Gasteiger partial charge in [-0.2, -0.15) is 4.31 Å². The van der Waals surface area contributed by atoms with Crippen molar-refractivity contribution >= 4 is 15.7 Å². The second-order valence-corrected chi connectivity index (χ2v) is 6.09. The van der Waals surface area contributed by atoms with Crippen LogP contribution in [0.25, 0.3) is 0 Å². The molecule has 8 heteroatoms. The molecule has 1 aromatic carbocycles. The summed E-state index contributed by atoms with van der Waals surface area (Å²) in [5.74, 6) is 5.24. The van der Waals surface area contributed by atoms with Gasteiger partial charge in [-0.15, -0.1) is 0 Å². The number of benzene rings is 1. The number of hydrogen-bond acceptors (Lipinski definition) is 6.